The van der Waals surface area contributed by atoms with Crippen molar-refractivity contribution in [2.45, 2.75) is 11.8 Å². The maximum absolute atomic E-state index is 3.44. The third-order valence-electron chi connectivity index (χ3n) is 6.65. The Hall–Kier alpha value is -4.39. The van der Waals surface area contributed by atoms with Crippen LogP contribution in [0.3, 0.4) is 0 Å². The molecular formula is C34H23+. The first kappa shape index (κ1) is 20.2. The van der Waals surface area contributed by atoms with Crippen LogP contribution in [0.25, 0.3) is 11.1 Å². The van der Waals surface area contributed by atoms with E-state index in [4.69, 9.17) is 0 Å². The topological polar surface area (TPSA) is 0 Å². The molecule has 0 heterocycles. The van der Waals surface area contributed by atoms with Gasteiger partial charge < -0.3 is 0 Å². The zero-order valence-electron chi connectivity index (χ0n) is 18.8. The Kier molecular flexibility index (Phi) is 5.27. The van der Waals surface area contributed by atoms with Gasteiger partial charge in [0.25, 0.3) is 0 Å². The molecule has 2 aliphatic rings. The summed E-state index contributed by atoms with van der Waals surface area (Å²) in [5.41, 5.74) is 7.80. The van der Waals surface area contributed by atoms with Crippen LogP contribution in [0.5, 0.6) is 0 Å². The van der Waals surface area contributed by atoms with E-state index in [-0.39, 0.29) is 5.92 Å². The Morgan fingerprint density at radius 2 is 0.882 bits per heavy atom. The smallest absolute Gasteiger partial charge is 0.0622 e. The van der Waals surface area contributed by atoms with Crippen LogP contribution in [0.4, 0.5) is 0 Å². The van der Waals surface area contributed by atoms with E-state index in [0.29, 0.717) is 11.8 Å². The Bertz CT molecular complexity index is 1330. The number of benzene rings is 4. The zero-order valence-corrected chi connectivity index (χ0v) is 18.8. The van der Waals surface area contributed by atoms with Gasteiger partial charge in [0.15, 0.2) is 5.92 Å². The normalized spacial score (nSPS) is 18.4. The minimum atomic E-state index is 0.151. The average Bonchev–Trinajstić information content (AvgIpc) is 3.82. The van der Waals surface area contributed by atoms with Gasteiger partial charge in [0.2, 0.25) is 5.92 Å². The SMILES string of the molecule is C(C#CC1C(c2ccccc2)=C1c1ccccc1)#C[C+]1C(c2ccccc2)C1c1ccccc1. The van der Waals surface area contributed by atoms with Gasteiger partial charge in [0, 0.05) is 0 Å². The highest BCUT2D eigenvalue weighted by Gasteiger charge is 2.60. The van der Waals surface area contributed by atoms with Crippen LogP contribution in [-0.4, -0.2) is 0 Å². The standard InChI is InChI=1S/C34H23/c1-5-15-25(16-6-1)31-29(32(31)26-17-7-2-8-18-26)23-13-14-24-30-33(27-19-9-3-10-20-27)34(30)28-21-11-4-12-22-28/h1-12,15-22,29,33-34H/q+1. The lowest BCUT2D eigenvalue weighted by atomic mass is 10.0. The van der Waals surface area contributed by atoms with Crippen molar-refractivity contribution in [3.63, 3.8) is 0 Å². The Labute approximate surface area is 202 Å². The summed E-state index contributed by atoms with van der Waals surface area (Å²) in [7, 11) is 0. The molecule has 4 aromatic rings. The highest BCUT2D eigenvalue weighted by atomic mass is 14.5. The van der Waals surface area contributed by atoms with E-state index in [1.54, 1.807) is 0 Å². The fraction of sp³-hybridized carbons (Fsp3) is 0.0882. The van der Waals surface area contributed by atoms with Crippen molar-refractivity contribution in [2.24, 2.45) is 5.92 Å². The zero-order chi connectivity index (χ0) is 22.7. The van der Waals surface area contributed by atoms with Gasteiger partial charge >= 0.3 is 0 Å². The molecule has 0 amide bonds. The summed E-state index contributed by atoms with van der Waals surface area (Å²) in [4.78, 5) is 0. The molecule has 2 unspecified atom stereocenters. The van der Waals surface area contributed by atoms with Crippen LogP contribution in [0.15, 0.2) is 121 Å². The van der Waals surface area contributed by atoms with E-state index in [1.165, 1.54) is 39.3 Å². The monoisotopic (exact) mass is 431 g/mol. The van der Waals surface area contributed by atoms with E-state index in [0.717, 1.165) is 0 Å². The van der Waals surface area contributed by atoms with Gasteiger partial charge in [-0.1, -0.05) is 127 Å². The summed E-state index contributed by atoms with van der Waals surface area (Å²) in [6.07, 6.45) is 0. The largest absolute Gasteiger partial charge is 0.217 e. The molecule has 0 nitrogen and oxygen atoms in total. The number of rotatable bonds is 4. The van der Waals surface area contributed by atoms with Crippen LogP contribution >= 0.6 is 0 Å². The molecule has 0 aliphatic heterocycles. The first-order chi connectivity index (χ1) is 16.9. The van der Waals surface area contributed by atoms with Crippen LogP contribution in [0.1, 0.15) is 34.1 Å². The van der Waals surface area contributed by atoms with E-state index in [9.17, 15) is 0 Å². The highest BCUT2D eigenvalue weighted by Crippen LogP contribution is 2.61. The van der Waals surface area contributed by atoms with Crippen LogP contribution in [0, 0.1) is 35.5 Å². The summed E-state index contributed by atoms with van der Waals surface area (Å²) in [6, 6.07) is 42.5. The lowest BCUT2D eigenvalue weighted by Crippen LogP contribution is -1.82. The van der Waals surface area contributed by atoms with Crippen molar-refractivity contribution in [3.8, 4) is 23.7 Å². The number of allylic oxidation sites excluding steroid dienone is 2. The predicted molar refractivity (Wildman–Crippen MR) is 140 cm³/mol. The molecule has 0 bridgehead atoms. The summed E-state index contributed by atoms with van der Waals surface area (Å²) in [6.45, 7) is 0. The molecule has 2 atom stereocenters. The van der Waals surface area contributed by atoms with Gasteiger partial charge in [0.05, 0.1) is 5.92 Å². The molecule has 0 N–H and O–H groups in total. The lowest BCUT2D eigenvalue weighted by molar-refractivity contribution is 1.03. The first-order valence-corrected chi connectivity index (χ1v) is 11.7. The average molecular weight is 432 g/mol. The molecule has 2 aliphatic carbocycles. The van der Waals surface area contributed by atoms with Gasteiger partial charge in [-0.3, -0.25) is 0 Å². The maximum atomic E-state index is 3.44. The molecule has 1 fully saturated rings. The second kappa shape index (κ2) is 8.86. The molecule has 158 valence electrons. The second-order valence-corrected chi connectivity index (χ2v) is 8.74. The van der Waals surface area contributed by atoms with E-state index in [2.05, 4.69) is 145 Å². The van der Waals surface area contributed by atoms with Crippen LogP contribution in [0.2, 0.25) is 0 Å². The van der Waals surface area contributed by atoms with E-state index in [1.807, 2.05) is 0 Å². The van der Waals surface area contributed by atoms with Gasteiger partial charge in [0.1, 0.15) is 23.7 Å². The molecule has 1 saturated carbocycles. The van der Waals surface area contributed by atoms with Gasteiger partial charge in [-0.15, -0.1) is 0 Å². The van der Waals surface area contributed by atoms with E-state index < -0.39 is 0 Å². The lowest BCUT2D eigenvalue weighted by Gasteiger charge is -1.95. The molecule has 0 radical (unpaired) electrons. The molecule has 0 aromatic heterocycles. The summed E-state index contributed by atoms with van der Waals surface area (Å²) >= 11 is 0. The fourth-order valence-electron chi connectivity index (χ4n) is 4.94. The van der Waals surface area contributed by atoms with Crippen LogP contribution in [-0.2, 0) is 0 Å². The van der Waals surface area contributed by atoms with Crippen molar-refractivity contribution >= 4 is 11.1 Å². The molecule has 0 spiro atoms. The van der Waals surface area contributed by atoms with E-state index >= 15 is 0 Å². The molecule has 6 rings (SSSR count). The Balaban J connectivity index is 1.25. The van der Waals surface area contributed by atoms with Crippen molar-refractivity contribution in [1.82, 2.24) is 0 Å². The Morgan fingerprint density at radius 1 is 0.471 bits per heavy atom. The number of hydrogen-bond acceptors (Lipinski definition) is 0. The molecule has 34 heavy (non-hydrogen) atoms. The second-order valence-electron chi connectivity index (χ2n) is 8.74. The third kappa shape index (κ3) is 3.92. The van der Waals surface area contributed by atoms with Crippen molar-refractivity contribution in [1.29, 1.82) is 0 Å². The number of hydrogen-bond donors (Lipinski definition) is 0. The molecular weight excluding hydrogens is 408 g/mol. The van der Waals surface area contributed by atoms with Crippen molar-refractivity contribution < 1.29 is 0 Å². The molecule has 0 saturated heterocycles. The first-order valence-electron chi connectivity index (χ1n) is 11.7. The van der Waals surface area contributed by atoms with Crippen LogP contribution < -0.4 is 0 Å². The highest BCUT2D eigenvalue weighted by molar-refractivity contribution is 6.13. The predicted octanol–water partition coefficient (Wildman–Crippen LogP) is 7.39. The summed E-state index contributed by atoms with van der Waals surface area (Å²) < 4.78 is 0. The maximum Gasteiger partial charge on any atom is 0.217 e. The third-order valence-corrected chi connectivity index (χ3v) is 6.65. The Morgan fingerprint density at radius 3 is 1.32 bits per heavy atom. The summed E-state index contributed by atoms with van der Waals surface area (Å²) in [5, 5.41) is 0. The molecule has 0 heteroatoms. The summed E-state index contributed by atoms with van der Waals surface area (Å²) in [5.74, 6) is 15.4. The molecule has 4 aromatic carbocycles. The fourth-order valence-corrected chi connectivity index (χ4v) is 4.94. The van der Waals surface area contributed by atoms with Gasteiger partial charge in [-0.25, -0.2) is 0 Å². The minimum absolute atomic E-state index is 0.151. The van der Waals surface area contributed by atoms with Gasteiger partial charge in [-0.2, -0.15) is 0 Å². The van der Waals surface area contributed by atoms with Crippen molar-refractivity contribution in [3.05, 3.63) is 149 Å². The minimum Gasteiger partial charge on any atom is -0.0622 e. The van der Waals surface area contributed by atoms with Crippen molar-refractivity contribution in [2.75, 3.05) is 0 Å². The quantitative estimate of drug-likeness (QED) is 0.233. The van der Waals surface area contributed by atoms with Gasteiger partial charge in [-0.05, 0) is 33.4 Å².